The highest BCUT2D eigenvalue weighted by Gasteiger charge is 2.20. The van der Waals surface area contributed by atoms with Gasteiger partial charge in [0.1, 0.15) is 0 Å². The molecule has 18 heavy (non-hydrogen) atoms. The molecule has 1 N–H and O–H groups in total. The van der Waals surface area contributed by atoms with Gasteiger partial charge in [-0.1, -0.05) is 24.6 Å². The first kappa shape index (κ1) is 14.3. The first-order valence-electron chi connectivity index (χ1n) is 6.56. The Labute approximate surface area is 123 Å². The predicted molar refractivity (Wildman–Crippen MR) is 81.1 cm³/mol. The molecule has 1 heterocycles. The van der Waals surface area contributed by atoms with Crippen LogP contribution in [-0.2, 0) is 6.54 Å². The van der Waals surface area contributed by atoms with Crippen LogP contribution in [0.2, 0.25) is 5.02 Å². The van der Waals surface area contributed by atoms with Crippen molar-refractivity contribution in [1.29, 1.82) is 0 Å². The molecule has 0 aliphatic carbocycles. The average Bonchev–Trinajstić information content (AvgIpc) is 2.82. The Morgan fingerprint density at radius 3 is 3.00 bits per heavy atom. The van der Waals surface area contributed by atoms with Crippen LogP contribution in [0.15, 0.2) is 22.7 Å². The summed E-state index contributed by atoms with van der Waals surface area (Å²) < 4.78 is 0.960. The molecule has 1 aliphatic rings. The van der Waals surface area contributed by atoms with E-state index in [2.05, 4.69) is 39.1 Å². The minimum absolute atomic E-state index is 0.785. The smallest absolute Gasteiger partial charge is 0.0551 e. The van der Waals surface area contributed by atoms with Crippen LogP contribution in [-0.4, -0.2) is 31.1 Å². The second-order valence-electron chi connectivity index (χ2n) is 4.93. The molecule has 2 rings (SSSR count). The fourth-order valence-corrected chi connectivity index (χ4v) is 2.89. The number of nitrogens with zero attached hydrogens (tertiary/aromatic N) is 1. The zero-order chi connectivity index (χ0) is 13.0. The molecular formula is C14H20BrClN2. The van der Waals surface area contributed by atoms with Crippen molar-refractivity contribution >= 4 is 27.5 Å². The topological polar surface area (TPSA) is 15.3 Å². The van der Waals surface area contributed by atoms with E-state index < -0.39 is 0 Å². The summed E-state index contributed by atoms with van der Waals surface area (Å²) in [7, 11) is 0. The molecule has 0 radical (unpaired) electrons. The molecule has 1 saturated heterocycles. The Morgan fingerprint density at radius 1 is 1.50 bits per heavy atom. The van der Waals surface area contributed by atoms with Crippen LogP contribution in [0.25, 0.3) is 0 Å². The van der Waals surface area contributed by atoms with Crippen LogP contribution in [0.3, 0.4) is 0 Å². The lowest BCUT2D eigenvalue weighted by molar-refractivity contribution is 0.339. The molecule has 1 atom stereocenters. The number of likely N-dealkylation sites (tertiary alicyclic amines) is 1. The predicted octanol–water partition coefficient (Wildman–Crippen LogP) is 3.53. The first-order valence-corrected chi connectivity index (χ1v) is 7.73. The molecule has 2 nitrogen and oxygen atoms in total. The minimum atomic E-state index is 0.785. The molecule has 0 aromatic heterocycles. The molecule has 1 aromatic carbocycles. The van der Waals surface area contributed by atoms with Crippen molar-refractivity contribution in [2.24, 2.45) is 5.92 Å². The number of hydrogen-bond acceptors (Lipinski definition) is 2. The molecule has 0 amide bonds. The zero-order valence-corrected chi connectivity index (χ0v) is 13.1. The maximum atomic E-state index is 6.08. The summed E-state index contributed by atoms with van der Waals surface area (Å²) in [4.78, 5) is 2.52. The van der Waals surface area contributed by atoms with Gasteiger partial charge in [0.25, 0.3) is 0 Å². The lowest BCUT2D eigenvalue weighted by Crippen LogP contribution is -2.26. The molecule has 1 aliphatic heterocycles. The maximum Gasteiger partial charge on any atom is 0.0551 e. The Bertz CT molecular complexity index is 397. The van der Waals surface area contributed by atoms with E-state index in [1.54, 1.807) is 0 Å². The molecule has 1 fully saturated rings. The van der Waals surface area contributed by atoms with Gasteiger partial charge in [-0.05, 0) is 65.6 Å². The second-order valence-corrected chi connectivity index (χ2v) is 6.19. The Hall–Kier alpha value is -0.0900. The SMILES string of the molecule is CCN1CCC(CNCc2ccc(Br)c(Cl)c2)C1. The van der Waals surface area contributed by atoms with Crippen molar-refractivity contribution in [3.63, 3.8) is 0 Å². The van der Waals surface area contributed by atoms with Crippen LogP contribution >= 0.6 is 27.5 Å². The van der Waals surface area contributed by atoms with Gasteiger partial charge in [0.2, 0.25) is 0 Å². The van der Waals surface area contributed by atoms with E-state index in [4.69, 9.17) is 11.6 Å². The van der Waals surface area contributed by atoms with E-state index in [1.165, 1.54) is 31.6 Å². The summed E-state index contributed by atoms with van der Waals surface area (Å²) in [6.45, 7) is 7.91. The third kappa shape index (κ3) is 3.95. The first-order chi connectivity index (χ1) is 8.69. The quantitative estimate of drug-likeness (QED) is 0.888. The van der Waals surface area contributed by atoms with Gasteiger partial charge in [-0.2, -0.15) is 0 Å². The molecule has 0 spiro atoms. The van der Waals surface area contributed by atoms with E-state index in [-0.39, 0.29) is 0 Å². The number of halogens is 2. The monoisotopic (exact) mass is 330 g/mol. The van der Waals surface area contributed by atoms with Crippen molar-refractivity contribution < 1.29 is 0 Å². The Morgan fingerprint density at radius 2 is 2.33 bits per heavy atom. The summed E-state index contributed by atoms with van der Waals surface area (Å²) in [6.07, 6.45) is 1.32. The van der Waals surface area contributed by atoms with Crippen LogP contribution in [0.5, 0.6) is 0 Å². The van der Waals surface area contributed by atoms with Crippen molar-refractivity contribution in [3.8, 4) is 0 Å². The molecule has 0 bridgehead atoms. The van der Waals surface area contributed by atoms with Gasteiger partial charge in [-0.25, -0.2) is 0 Å². The van der Waals surface area contributed by atoms with Crippen LogP contribution < -0.4 is 5.32 Å². The highest BCUT2D eigenvalue weighted by atomic mass is 79.9. The normalized spacial score (nSPS) is 20.5. The van der Waals surface area contributed by atoms with Gasteiger partial charge in [0, 0.05) is 17.6 Å². The zero-order valence-electron chi connectivity index (χ0n) is 10.8. The minimum Gasteiger partial charge on any atom is -0.312 e. The molecule has 1 unspecified atom stereocenters. The van der Waals surface area contributed by atoms with Crippen molar-refractivity contribution in [1.82, 2.24) is 10.2 Å². The highest BCUT2D eigenvalue weighted by Crippen LogP contribution is 2.23. The van der Waals surface area contributed by atoms with Gasteiger partial charge >= 0.3 is 0 Å². The van der Waals surface area contributed by atoms with Gasteiger partial charge in [-0.3, -0.25) is 0 Å². The standard InChI is InChI=1S/C14H20BrClN2/c1-2-18-6-5-12(10-18)9-17-8-11-3-4-13(15)14(16)7-11/h3-4,7,12,17H,2,5-6,8-10H2,1H3. The second kappa shape index (κ2) is 6.90. The number of hydrogen-bond donors (Lipinski definition) is 1. The largest absolute Gasteiger partial charge is 0.312 e. The lowest BCUT2D eigenvalue weighted by atomic mass is 10.1. The third-order valence-electron chi connectivity index (χ3n) is 3.56. The van der Waals surface area contributed by atoms with Gasteiger partial charge < -0.3 is 10.2 Å². The van der Waals surface area contributed by atoms with Crippen LogP contribution in [0.1, 0.15) is 18.9 Å². The van der Waals surface area contributed by atoms with Crippen LogP contribution in [0.4, 0.5) is 0 Å². The summed E-state index contributed by atoms with van der Waals surface area (Å²) in [5.74, 6) is 0.802. The molecule has 4 heteroatoms. The average molecular weight is 332 g/mol. The molecule has 100 valence electrons. The van der Waals surface area contributed by atoms with Crippen molar-refractivity contribution in [2.45, 2.75) is 19.9 Å². The van der Waals surface area contributed by atoms with E-state index in [0.717, 1.165) is 28.5 Å². The van der Waals surface area contributed by atoms with Gasteiger partial charge in [0.15, 0.2) is 0 Å². The van der Waals surface area contributed by atoms with E-state index >= 15 is 0 Å². The van der Waals surface area contributed by atoms with Crippen molar-refractivity contribution in [2.75, 3.05) is 26.2 Å². The molecule has 1 aromatic rings. The van der Waals surface area contributed by atoms with E-state index in [1.807, 2.05) is 12.1 Å². The van der Waals surface area contributed by atoms with E-state index in [0.29, 0.717) is 0 Å². The summed E-state index contributed by atoms with van der Waals surface area (Å²) in [6, 6.07) is 6.13. The Balaban J connectivity index is 1.73. The van der Waals surface area contributed by atoms with Gasteiger partial charge in [0.05, 0.1) is 5.02 Å². The summed E-state index contributed by atoms with van der Waals surface area (Å²) >= 11 is 9.48. The fraction of sp³-hybridized carbons (Fsp3) is 0.571. The van der Waals surface area contributed by atoms with Gasteiger partial charge in [-0.15, -0.1) is 0 Å². The fourth-order valence-electron chi connectivity index (χ4n) is 2.44. The van der Waals surface area contributed by atoms with Crippen LogP contribution in [0, 0.1) is 5.92 Å². The maximum absolute atomic E-state index is 6.08. The molecular weight excluding hydrogens is 312 g/mol. The molecule has 0 saturated carbocycles. The number of benzene rings is 1. The number of rotatable bonds is 5. The third-order valence-corrected chi connectivity index (χ3v) is 4.80. The lowest BCUT2D eigenvalue weighted by Gasteiger charge is -2.14. The number of nitrogens with one attached hydrogen (secondary N) is 1. The van der Waals surface area contributed by atoms with E-state index in [9.17, 15) is 0 Å². The summed E-state index contributed by atoms with van der Waals surface area (Å²) in [5.41, 5.74) is 1.24. The van der Waals surface area contributed by atoms with Crippen molar-refractivity contribution in [3.05, 3.63) is 33.3 Å². The highest BCUT2D eigenvalue weighted by molar-refractivity contribution is 9.10. The Kier molecular flexibility index (Phi) is 5.49. The summed E-state index contributed by atoms with van der Waals surface area (Å²) in [5, 5.41) is 4.32.